The molecule has 1 atom stereocenters. The number of nitrogens with zero attached hydrogens (tertiary/aromatic N) is 2. The molecule has 0 aliphatic carbocycles. The monoisotopic (exact) mass is 475 g/mol. The van der Waals surface area contributed by atoms with E-state index >= 15 is 0 Å². The highest BCUT2D eigenvalue weighted by Crippen LogP contribution is 2.34. The molecule has 1 aliphatic heterocycles. The van der Waals surface area contributed by atoms with Gasteiger partial charge in [-0.25, -0.2) is 0 Å². The Morgan fingerprint density at radius 2 is 1.76 bits per heavy atom. The predicted molar refractivity (Wildman–Crippen MR) is 122 cm³/mol. The van der Waals surface area contributed by atoms with E-state index in [9.17, 15) is 27.6 Å². The van der Waals surface area contributed by atoms with Crippen LogP contribution >= 0.6 is 0 Å². The number of rotatable bonds is 6. The number of likely N-dealkylation sites (N-methyl/N-ethyl adjacent to an activating group) is 1. The summed E-state index contributed by atoms with van der Waals surface area (Å²) in [5.74, 6) is -1.63. The van der Waals surface area contributed by atoms with Crippen molar-refractivity contribution in [2.75, 3.05) is 31.5 Å². The number of aryl methyl sites for hydroxylation is 1. The van der Waals surface area contributed by atoms with Crippen LogP contribution in [0.4, 0.5) is 18.9 Å². The Morgan fingerprint density at radius 1 is 1.09 bits per heavy atom. The summed E-state index contributed by atoms with van der Waals surface area (Å²) in [6.45, 7) is 4.26. The zero-order valence-corrected chi connectivity index (χ0v) is 19.2. The Hall–Kier alpha value is -3.36. The van der Waals surface area contributed by atoms with E-state index in [1.807, 2.05) is 19.1 Å². The Balaban J connectivity index is 1.64. The Labute approximate surface area is 196 Å². The predicted octanol–water partition coefficient (Wildman–Crippen LogP) is 4.35. The minimum absolute atomic E-state index is 0.151. The lowest BCUT2D eigenvalue weighted by Crippen LogP contribution is -2.48. The van der Waals surface area contributed by atoms with Crippen LogP contribution < -0.4 is 5.32 Å². The van der Waals surface area contributed by atoms with Crippen molar-refractivity contribution < 1.29 is 27.6 Å². The lowest BCUT2D eigenvalue weighted by Gasteiger charge is -2.34. The molecule has 1 fully saturated rings. The van der Waals surface area contributed by atoms with Crippen molar-refractivity contribution in [3.05, 3.63) is 65.2 Å². The van der Waals surface area contributed by atoms with Gasteiger partial charge in [-0.05, 0) is 51.0 Å². The zero-order chi connectivity index (χ0) is 24.9. The molecule has 3 amide bonds. The fourth-order valence-corrected chi connectivity index (χ4v) is 4.05. The van der Waals surface area contributed by atoms with Crippen molar-refractivity contribution in [3.8, 4) is 0 Å². The van der Waals surface area contributed by atoms with Gasteiger partial charge in [-0.15, -0.1) is 0 Å². The van der Waals surface area contributed by atoms with Gasteiger partial charge in [0, 0.05) is 25.2 Å². The number of piperidine rings is 1. The van der Waals surface area contributed by atoms with Crippen LogP contribution in [0, 0.1) is 12.8 Å². The summed E-state index contributed by atoms with van der Waals surface area (Å²) in [7, 11) is 0. The molecule has 6 nitrogen and oxygen atoms in total. The quantitative estimate of drug-likeness (QED) is 0.675. The number of carbonyl (C=O) groups excluding carboxylic acids is 3. The van der Waals surface area contributed by atoms with Gasteiger partial charge in [-0.1, -0.05) is 29.8 Å². The van der Waals surface area contributed by atoms with Crippen LogP contribution in [0.2, 0.25) is 0 Å². The molecule has 1 aliphatic rings. The van der Waals surface area contributed by atoms with Crippen molar-refractivity contribution in [1.29, 1.82) is 0 Å². The first kappa shape index (κ1) is 25.3. The standard InChI is InChI=1S/C25H28F3N3O3/c1-3-30(16-22(32)29-21-9-5-4-8-20(21)25(26,27)28)24(34)19-7-6-14-31(15-19)23(33)18-12-10-17(2)11-13-18/h4-5,8-13,19H,3,6-7,14-16H2,1-2H3,(H,29,32). The van der Waals surface area contributed by atoms with E-state index in [4.69, 9.17) is 0 Å². The maximum absolute atomic E-state index is 13.2. The minimum Gasteiger partial charge on any atom is -0.338 e. The van der Waals surface area contributed by atoms with Crippen LogP contribution in [-0.4, -0.2) is 53.7 Å². The number of nitrogens with one attached hydrogen (secondary N) is 1. The van der Waals surface area contributed by atoms with Gasteiger partial charge in [0.15, 0.2) is 0 Å². The van der Waals surface area contributed by atoms with Crippen molar-refractivity contribution in [3.63, 3.8) is 0 Å². The summed E-state index contributed by atoms with van der Waals surface area (Å²) in [5, 5.41) is 2.28. The molecule has 3 rings (SSSR count). The first-order valence-corrected chi connectivity index (χ1v) is 11.2. The number of likely N-dealkylation sites (tertiary alicyclic amines) is 1. The van der Waals surface area contributed by atoms with Gasteiger partial charge in [0.25, 0.3) is 5.91 Å². The third-order valence-corrected chi connectivity index (χ3v) is 5.89. The first-order chi connectivity index (χ1) is 16.1. The lowest BCUT2D eigenvalue weighted by atomic mass is 9.95. The average Bonchev–Trinajstić information content (AvgIpc) is 2.82. The van der Waals surface area contributed by atoms with Gasteiger partial charge in [0.1, 0.15) is 0 Å². The number of hydrogen-bond donors (Lipinski definition) is 1. The minimum atomic E-state index is -4.61. The first-order valence-electron chi connectivity index (χ1n) is 11.2. The highest BCUT2D eigenvalue weighted by molar-refractivity contribution is 5.96. The molecule has 2 aromatic carbocycles. The van der Waals surface area contributed by atoms with Gasteiger partial charge >= 0.3 is 6.18 Å². The molecule has 1 N–H and O–H groups in total. The molecule has 1 heterocycles. The van der Waals surface area contributed by atoms with E-state index in [1.54, 1.807) is 24.0 Å². The molecule has 34 heavy (non-hydrogen) atoms. The molecule has 182 valence electrons. The van der Waals surface area contributed by atoms with Gasteiger partial charge in [-0.2, -0.15) is 13.2 Å². The van der Waals surface area contributed by atoms with Crippen LogP contribution in [0.1, 0.15) is 41.3 Å². The number of carbonyl (C=O) groups is 3. The molecule has 9 heteroatoms. The highest BCUT2D eigenvalue weighted by Gasteiger charge is 2.34. The molecule has 0 aromatic heterocycles. The Bertz CT molecular complexity index is 1040. The van der Waals surface area contributed by atoms with Crippen LogP contribution in [-0.2, 0) is 15.8 Å². The molecular formula is C25H28F3N3O3. The SMILES string of the molecule is CCN(CC(=O)Nc1ccccc1C(F)(F)F)C(=O)C1CCCN(C(=O)c2ccc(C)cc2)C1. The van der Waals surface area contributed by atoms with Gasteiger partial charge in [0.05, 0.1) is 23.7 Å². The number of anilines is 1. The summed E-state index contributed by atoms with van der Waals surface area (Å²) < 4.78 is 39.6. The summed E-state index contributed by atoms with van der Waals surface area (Å²) >= 11 is 0. The number of para-hydroxylation sites is 1. The molecule has 0 bridgehead atoms. The smallest absolute Gasteiger partial charge is 0.338 e. The number of hydrogen-bond acceptors (Lipinski definition) is 3. The molecule has 1 saturated heterocycles. The molecular weight excluding hydrogens is 447 g/mol. The number of halogens is 3. The van der Waals surface area contributed by atoms with Crippen molar-refractivity contribution in [1.82, 2.24) is 9.80 Å². The second kappa shape index (κ2) is 10.7. The van der Waals surface area contributed by atoms with E-state index in [1.165, 1.54) is 23.1 Å². The number of amides is 3. The van der Waals surface area contributed by atoms with Crippen LogP contribution in [0.5, 0.6) is 0 Å². The molecule has 0 spiro atoms. The lowest BCUT2D eigenvalue weighted by molar-refractivity contribution is -0.140. The summed E-state index contributed by atoms with van der Waals surface area (Å²) in [5.41, 5.74) is 0.290. The normalized spacial score (nSPS) is 16.1. The maximum Gasteiger partial charge on any atom is 0.418 e. The molecule has 1 unspecified atom stereocenters. The highest BCUT2D eigenvalue weighted by atomic mass is 19.4. The second-order valence-corrected chi connectivity index (χ2v) is 8.40. The Morgan fingerprint density at radius 3 is 2.41 bits per heavy atom. The second-order valence-electron chi connectivity index (χ2n) is 8.40. The van der Waals surface area contributed by atoms with Crippen molar-refractivity contribution in [2.24, 2.45) is 5.92 Å². The maximum atomic E-state index is 13.2. The summed E-state index contributed by atoms with van der Waals surface area (Å²) in [4.78, 5) is 41.4. The van der Waals surface area contributed by atoms with E-state index in [0.717, 1.165) is 11.6 Å². The molecule has 2 aromatic rings. The van der Waals surface area contributed by atoms with Crippen molar-refractivity contribution >= 4 is 23.4 Å². The summed E-state index contributed by atoms with van der Waals surface area (Å²) in [6, 6.07) is 11.9. The fourth-order valence-electron chi connectivity index (χ4n) is 4.05. The van der Waals surface area contributed by atoms with E-state index in [-0.39, 0.29) is 37.1 Å². The van der Waals surface area contributed by atoms with Crippen LogP contribution in [0.15, 0.2) is 48.5 Å². The fraction of sp³-hybridized carbons (Fsp3) is 0.400. The third-order valence-electron chi connectivity index (χ3n) is 5.89. The summed E-state index contributed by atoms with van der Waals surface area (Å²) in [6.07, 6.45) is -3.39. The van der Waals surface area contributed by atoms with E-state index in [0.29, 0.717) is 24.9 Å². The molecule has 0 saturated carbocycles. The van der Waals surface area contributed by atoms with E-state index in [2.05, 4.69) is 5.32 Å². The zero-order valence-electron chi connectivity index (χ0n) is 19.2. The average molecular weight is 476 g/mol. The van der Waals surface area contributed by atoms with E-state index < -0.39 is 23.6 Å². The van der Waals surface area contributed by atoms with Gasteiger partial charge in [0.2, 0.25) is 11.8 Å². The largest absolute Gasteiger partial charge is 0.418 e. The third kappa shape index (κ3) is 6.15. The number of benzene rings is 2. The van der Waals surface area contributed by atoms with Gasteiger partial charge in [-0.3, -0.25) is 14.4 Å². The van der Waals surface area contributed by atoms with Crippen LogP contribution in [0.3, 0.4) is 0 Å². The topological polar surface area (TPSA) is 69.7 Å². The number of alkyl halides is 3. The van der Waals surface area contributed by atoms with Crippen molar-refractivity contribution in [2.45, 2.75) is 32.9 Å². The molecule has 0 radical (unpaired) electrons. The van der Waals surface area contributed by atoms with Crippen LogP contribution in [0.25, 0.3) is 0 Å². The van der Waals surface area contributed by atoms with Gasteiger partial charge < -0.3 is 15.1 Å². The Kier molecular flexibility index (Phi) is 7.96.